The van der Waals surface area contributed by atoms with E-state index in [1.165, 1.54) is 70.6 Å². The summed E-state index contributed by atoms with van der Waals surface area (Å²) in [6, 6.07) is 0.466. The van der Waals surface area contributed by atoms with Gasteiger partial charge >= 0.3 is 0 Å². The summed E-state index contributed by atoms with van der Waals surface area (Å²) in [5.74, 6) is 4.65. The predicted octanol–water partition coefficient (Wildman–Crippen LogP) is 4.53. The van der Waals surface area contributed by atoms with Gasteiger partial charge in [0.25, 0.3) is 0 Å². The van der Waals surface area contributed by atoms with E-state index in [4.69, 9.17) is 10.7 Å². The van der Waals surface area contributed by atoms with Crippen molar-refractivity contribution in [2.45, 2.75) is 83.6 Å². The molecule has 2 N–H and O–H groups in total. The van der Waals surface area contributed by atoms with Gasteiger partial charge in [-0.2, -0.15) is 0 Å². The first-order valence-corrected chi connectivity index (χ1v) is 9.48. The third-order valence-corrected chi connectivity index (χ3v) is 7.34. The summed E-state index contributed by atoms with van der Waals surface area (Å²) in [7, 11) is 0. The third kappa shape index (κ3) is 2.53. The average Bonchev–Trinajstić information content (AvgIpc) is 2.46. The van der Waals surface area contributed by atoms with Gasteiger partial charge in [-0.15, -0.1) is 0 Å². The van der Waals surface area contributed by atoms with Crippen molar-refractivity contribution in [2.24, 2.45) is 39.8 Å². The van der Waals surface area contributed by atoms with Gasteiger partial charge in [0.05, 0.1) is 11.9 Å². The van der Waals surface area contributed by atoms with Crippen LogP contribution in [-0.4, -0.2) is 11.9 Å². The molecule has 4 bridgehead atoms. The van der Waals surface area contributed by atoms with Gasteiger partial charge in [-0.05, 0) is 81.5 Å². The van der Waals surface area contributed by atoms with Gasteiger partial charge in [-0.1, -0.05) is 19.3 Å². The first-order chi connectivity index (χ1) is 10.1. The van der Waals surface area contributed by atoms with Gasteiger partial charge in [0.15, 0.2) is 0 Å². The fourth-order valence-electron chi connectivity index (χ4n) is 6.55. The SMILES string of the molecule is CC(N=C(N)C1CCCCC1)C12CC3CC(CC(C3)C1)C2. The first kappa shape index (κ1) is 14.1. The molecule has 5 aliphatic rings. The second-order valence-corrected chi connectivity index (χ2v) is 8.84. The summed E-state index contributed by atoms with van der Waals surface area (Å²) >= 11 is 0. The fraction of sp³-hybridized carbons (Fsp3) is 0.947. The molecule has 5 fully saturated rings. The van der Waals surface area contributed by atoms with E-state index in [9.17, 15) is 0 Å². The molecule has 2 nitrogen and oxygen atoms in total. The van der Waals surface area contributed by atoms with Crippen molar-refractivity contribution < 1.29 is 0 Å². The van der Waals surface area contributed by atoms with E-state index in [2.05, 4.69) is 6.92 Å². The molecular formula is C19H32N2. The minimum atomic E-state index is 0.466. The smallest absolute Gasteiger partial charge is 0.0971 e. The van der Waals surface area contributed by atoms with Gasteiger partial charge in [-0.3, -0.25) is 4.99 Å². The van der Waals surface area contributed by atoms with Crippen LogP contribution < -0.4 is 5.73 Å². The first-order valence-electron chi connectivity index (χ1n) is 9.48. The topological polar surface area (TPSA) is 38.4 Å². The van der Waals surface area contributed by atoms with E-state index in [0.29, 0.717) is 17.4 Å². The lowest BCUT2D eigenvalue weighted by molar-refractivity contribution is -0.0634. The molecule has 5 saturated carbocycles. The molecule has 1 atom stereocenters. The molecule has 0 aromatic rings. The van der Waals surface area contributed by atoms with Crippen LogP contribution in [0, 0.1) is 29.1 Å². The number of amidine groups is 1. The van der Waals surface area contributed by atoms with Crippen LogP contribution in [0.3, 0.4) is 0 Å². The number of hydrogen-bond donors (Lipinski definition) is 1. The minimum absolute atomic E-state index is 0.466. The van der Waals surface area contributed by atoms with E-state index in [0.717, 1.165) is 23.6 Å². The van der Waals surface area contributed by atoms with Crippen molar-refractivity contribution in [3.05, 3.63) is 0 Å². The molecule has 2 heteroatoms. The molecule has 21 heavy (non-hydrogen) atoms. The standard InChI is InChI=1S/C19H32N2/c1-13(21-18(20)17-5-3-2-4-6-17)19-10-14-7-15(11-19)9-16(8-14)12-19/h13-17H,2-12H2,1H3,(H2,20,21). The van der Waals surface area contributed by atoms with Gasteiger partial charge in [0.2, 0.25) is 0 Å². The molecule has 5 aliphatic carbocycles. The Morgan fingerprint density at radius 3 is 2.00 bits per heavy atom. The Hall–Kier alpha value is -0.530. The number of nitrogens with two attached hydrogens (primary N) is 1. The number of hydrogen-bond acceptors (Lipinski definition) is 1. The molecule has 0 aromatic heterocycles. The lowest BCUT2D eigenvalue weighted by atomic mass is 9.48. The molecule has 0 amide bonds. The Morgan fingerprint density at radius 1 is 0.952 bits per heavy atom. The Kier molecular flexibility index (Phi) is 3.54. The Balaban J connectivity index is 1.50. The quantitative estimate of drug-likeness (QED) is 0.601. The molecular weight excluding hydrogens is 256 g/mol. The van der Waals surface area contributed by atoms with Crippen molar-refractivity contribution in [1.82, 2.24) is 0 Å². The van der Waals surface area contributed by atoms with E-state index >= 15 is 0 Å². The van der Waals surface area contributed by atoms with Crippen LogP contribution in [0.15, 0.2) is 4.99 Å². The molecule has 0 saturated heterocycles. The zero-order valence-electron chi connectivity index (χ0n) is 13.7. The van der Waals surface area contributed by atoms with Crippen LogP contribution in [0.2, 0.25) is 0 Å². The van der Waals surface area contributed by atoms with Gasteiger partial charge in [0, 0.05) is 5.92 Å². The summed E-state index contributed by atoms with van der Waals surface area (Å²) in [5, 5.41) is 0. The van der Waals surface area contributed by atoms with Crippen LogP contribution in [0.25, 0.3) is 0 Å². The van der Waals surface area contributed by atoms with Gasteiger partial charge in [-0.25, -0.2) is 0 Å². The normalized spacial score (nSPS) is 45.0. The van der Waals surface area contributed by atoms with Crippen LogP contribution in [0.4, 0.5) is 0 Å². The third-order valence-electron chi connectivity index (χ3n) is 7.34. The lowest BCUT2D eigenvalue weighted by Gasteiger charge is -2.58. The highest BCUT2D eigenvalue weighted by Gasteiger charge is 2.53. The average molecular weight is 288 g/mol. The highest BCUT2D eigenvalue weighted by Crippen LogP contribution is 2.61. The van der Waals surface area contributed by atoms with Crippen molar-refractivity contribution in [1.29, 1.82) is 0 Å². The molecule has 0 radical (unpaired) electrons. The lowest BCUT2D eigenvalue weighted by Crippen LogP contribution is -2.50. The Morgan fingerprint density at radius 2 is 1.48 bits per heavy atom. The number of nitrogens with zero attached hydrogens (tertiary/aromatic N) is 1. The van der Waals surface area contributed by atoms with Crippen LogP contribution >= 0.6 is 0 Å². The maximum atomic E-state index is 6.42. The van der Waals surface area contributed by atoms with Crippen molar-refractivity contribution in [3.63, 3.8) is 0 Å². The molecule has 118 valence electrons. The Labute approximate surface area is 130 Å². The summed E-state index contributed by atoms with van der Waals surface area (Å²) in [6.07, 6.45) is 15.6. The number of rotatable bonds is 3. The largest absolute Gasteiger partial charge is 0.387 e. The van der Waals surface area contributed by atoms with E-state index in [1.807, 2.05) is 0 Å². The highest BCUT2D eigenvalue weighted by molar-refractivity contribution is 5.83. The van der Waals surface area contributed by atoms with Gasteiger partial charge in [0.1, 0.15) is 0 Å². The monoisotopic (exact) mass is 288 g/mol. The van der Waals surface area contributed by atoms with Gasteiger partial charge < -0.3 is 5.73 Å². The molecule has 5 rings (SSSR count). The van der Waals surface area contributed by atoms with Crippen LogP contribution in [0.1, 0.15) is 77.6 Å². The van der Waals surface area contributed by atoms with Crippen molar-refractivity contribution in [2.75, 3.05) is 0 Å². The predicted molar refractivity (Wildman–Crippen MR) is 88.3 cm³/mol. The molecule has 1 unspecified atom stereocenters. The zero-order valence-corrected chi connectivity index (χ0v) is 13.7. The zero-order chi connectivity index (χ0) is 14.4. The van der Waals surface area contributed by atoms with E-state index in [-0.39, 0.29) is 0 Å². The Bertz CT molecular complexity index is 384. The number of aliphatic imine (C=N–C) groups is 1. The maximum absolute atomic E-state index is 6.42. The van der Waals surface area contributed by atoms with Crippen molar-refractivity contribution in [3.8, 4) is 0 Å². The second kappa shape index (κ2) is 5.28. The molecule has 0 aliphatic heterocycles. The summed E-state index contributed by atoms with van der Waals surface area (Å²) in [5.41, 5.74) is 6.94. The van der Waals surface area contributed by atoms with Crippen molar-refractivity contribution >= 4 is 5.84 Å². The van der Waals surface area contributed by atoms with Crippen LogP contribution in [-0.2, 0) is 0 Å². The molecule has 0 spiro atoms. The summed E-state index contributed by atoms with van der Waals surface area (Å²) in [4.78, 5) is 5.09. The second-order valence-electron chi connectivity index (χ2n) is 8.84. The molecule has 0 aromatic carbocycles. The molecule has 0 heterocycles. The minimum Gasteiger partial charge on any atom is -0.387 e. The summed E-state index contributed by atoms with van der Waals surface area (Å²) < 4.78 is 0. The fourth-order valence-corrected chi connectivity index (χ4v) is 6.55. The maximum Gasteiger partial charge on any atom is 0.0971 e. The van der Waals surface area contributed by atoms with Crippen LogP contribution in [0.5, 0.6) is 0 Å². The van der Waals surface area contributed by atoms with E-state index < -0.39 is 0 Å². The van der Waals surface area contributed by atoms with E-state index in [1.54, 1.807) is 0 Å². The summed E-state index contributed by atoms with van der Waals surface area (Å²) in [6.45, 7) is 2.38. The highest BCUT2D eigenvalue weighted by atomic mass is 14.9.